The van der Waals surface area contributed by atoms with Crippen LogP contribution in [0.3, 0.4) is 0 Å². The van der Waals surface area contributed by atoms with Crippen LogP contribution in [0.25, 0.3) is 5.65 Å². The zero-order valence-corrected chi connectivity index (χ0v) is 17.4. The number of aryl methyl sites for hydroxylation is 2. The molecule has 0 amide bonds. The molecule has 0 spiro atoms. The summed E-state index contributed by atoms with van der Waals surface area (Å²) in [6, 6.07) is 20.5. The number of rotatable bonds is 6. The Kier molecular flexibility index (Phi) is 5.26. The average Bonchev–Trinajstić information content (AvgIpc) is 3.09. The molecule has 4 rings (SSSR count). The molecule has 0 saturated carbocycles. The highest BCUT2D eigenvalue weighted by Gasteiger charge is 2.19. The number of aromatic nitrogens is 2. The van der Waals surface area contributed by atoms with E-state index in [0.717, 1.165) is 34.2 Å². The number of hydrogen-bond donors (Lipinski definition) is 1. The number of para-hydroxylation sites is 1. The van der Waals surface area contributed by atoms with E-state index in [1.54, 1.807) is 0 Å². The largest absolute Gasteiger partial charge is 0.485 e. The number of ether oxygens (including phenoxy) is 1. The Balaban J connectivity index is 1.75. The van der Waals surface area contributed by atoms with Gasteiger partial charge in [-0.15, -0.1) is 0 Å². The van der Waals surface area contributed by atoms with Crippen LogP contribution in [0.1, 0.15) is 42.1 Å². The maximum Gasteiger partial charge on any atom is 0.181 e. The normalized spacial score (nSPS) is 11.2. The third-order valence-corrected chi connectivity index (χ3v) is 5.15. The van der Waals surface area contributed by atoms with Crippen LogP contribution in [-0.4, -0.2) is 9.38 Å². The molecule has 4 heteroatoms. The summed E-state index contributed by atoms with van der Waals surface area (Å²) in [5, 5.41) is 3.66. The second-order valence-electron chi connectivity index (χ2n) is 7.73. The average molecular weight is 386 g/mol. The van der Waals surface area contributed by atoms with E-state index in [0.29, 0.717) is 6.61 Å². The van der Waals surface area contributed by atoms with Crippen molar-refractivity contribution in [1.29, 1.82) is 0 Å². The van der Waals surface area contributed by atoms with Crippen LogP contribution in [0, 0.1) is 13.8 Å². The Morgan fingerprint density at radius 2 is 1.66 bits per heavy atom. The molecular weight excluding hydrogens is 358 g/mol. The second-order valence-corrected chi connectivity index (χ2v) is 7.73. The Morgan fingerprint density at radius 3 is 2.34 bits per heavy atom. The molecule has 29 heavy (non-hydrogen) atoms. The minimum Gasteiger partial charge on any atom is -0.485 e. The van der Waals surface area contributed by atoms with Crippen molar-refractivity contribution in [3.63, 3.8) is 0 Å². The van der Waals surface area contributed by atoms with E-state index < -0.39 is 0 Å². The van der Waals surface area contributed by atoms with Gasteiger partial charge < -0.3 is 10.1 Å². The highest BCUT2D eigenvalue weighted by atomic mass is 16.5. The smallest absolute Gasteiger partial charge is 0.181 e. The molecule has 0 bridgehead atoms. The first-order valence-electron chi connectivity index (χ1n) is 10.1. The van der Waals surface area contributed by atoms with Gasteiger partial charge in [-0.2, -0.15) is 0 Å². The van der Waals surface area contributed by atoms with E-state index in [2.05, 4.69) is 67.7 Å². The predicted octanol–water partition coefficient (Wildman–Crippen LogP) is 6.40. The van der Waals surface area contributed by atoms with Crippen LogP contribution in [0.4, 0.5) is 11.5 Å². The molecule has 0 saturated heterocycles. The summed E-state index contributed by atoms with van der Waals surface area (Å²) in [5.41, 5.74) is 6.56. The van der Waals surface area contributed by atoms with E-state index in [9.17, 15) is 0 Å². The van der Waals surface area contributed by atoms with Gasteiger partial charge in [0.05, 0.1) is 5.69 Å². The fourth-order valence-corrected chi connectivity index (χ4v) is 3.57. The first kappa shape index (κ1) is 19.1. The van der Waals surface area contributed by atoms with Gasteiger partial charge in [0.2, 0.25) is 0 Å². The Hall–Kier alpha value is -3.27. The van der Waals surface area contributed by atoms with Crippen LogP contribution in [-0.2, 0) is 6.61 Å². The molecule has 4 aromatic rings. The van der Waals surface area contributed by atoms with Crippen molar-refractivity contribution < 1.29 is 4.74 Å². The standard InChI is InChI=1S/C25H27N3O/c1-17(2)22-25(27-23-18(3)10-8-11-19(23)4)28-15-9-14-21(24(28)26-22)29-16-20-12-6-5-7-13-20/h5-15,17,27H,16H2,1-4H3. The minimum absolute atomic E-state index is 0.281. The van der Waals surface area contributed by atoms with Crippen molar-refractivity contribution >= 4 is 17.2 Å². The lowest BCUT2D eigenvalue weighted by Crippen LogP contribution is -2.03. The molecule has 2 heterocycles. The molecule has 2 aromatic heterocycles. The number of imidazole rings is 1. The van der Waals surface area contributed by atoms with Gasteiger partial charge in [0, 0.05) is 11.9 Å². The van der Waals surface area contributed by atoms with Gasteiger partial charge in [0.25, 0.3) is 0 Å². The zero-order chi connectivity index (χ0) is 20.4. The number of fused-ring (bicyclic) bond motifs is 1. The maximum atomic E-state index is 6.14. The van der Waals surface area contributed by atoms with Crippen molar-refractivity contribution in [3.8, 4) is 5.75 Å². The van der Waals surface area contributed by atoms with Crippen LogP contribution in [0.5, 0.6) is 5.75 Å². The van der Waals surface area contributed by atoms with Crippen molar-refractivity contribution in [3.05, 3.63) is 89.2 Å². The summed E-state index contributed by atoms with van der Waals surface area (Å²) in [7, 11) is 0. The first-order valence-corrected chi connectivity index (χ1v) is 10.1. The molecule has 0 unspecified atom stereocenters. The lowest BCUT2D eigenvalue weighted by molar-refractivity contribution is 0.308. The number of nitrogens with one attached hydrogen (secondary N) is 1. The lowest BCUT2D eigenvalue weighted by Gasteiger charge is -2.15. The van der Waals surface area contributed by atoms with E-state index >= 15 is 0 Å². The van der Waals surface area contributed by atoms with Gasteiger partial charge >= 0.3 is 0 Å². The topological polar surface area (TPSA) is 38.6 Å². The number of hydrogen-bond acceptors (Lipinski definition) is 3. The van der Waals surface area contributed by atoms with Gasteiger partial charge in [-0.25, -0.2) is 4.98 Å². The van der Waals surface area contributed by atoms with Crippen molar-refractivity contribution in [1.82, 2.24) is 9.38 Å². The number of nitrogens with zero attached hydrogens (tertiary/aromatic N) is 2. The molecule has 0 radical (unpaired) electrons. The lowest BCUT2D eigenvalue weighted by atomic mass is 10.1. The Morgan fingerprint density at radius 1 is 0.931 bits per heavy atom. The zero-order valence-electron chi connectivity index (χ0n) is 17.4. The molecule has 0 aliphatic carbocycles. The molecule has 1 N–H and O–H groups in total. The van der Waals surface area contributed by atoms with Crippen molar-refractivity contribution in [2.24, 2.45) is 0 Å². The van der Waals surface area contributed by atoms with Crippen molar-refractivity contribution in [2.45, 2.75) is 40.2 Å². The minimum atomic E-state index is 0.281. The van der Waals surface area contributed by atoms with Gasteiger partial charge in [-0.1, -0.05) is 62.4 Å². The first-order chi connectivity index (χ1) is 14.0. The molecule has 2 aromatic carbocycles. The van der Waals surface area contributed by atoms with Crippen LogP contribution in [0.2, 0.25) is 0 Å². The van der Waals surface area contributed by atoms with Crippen molar-refractivity contribution in [2.75, 3.05) is 5.32 Å². The fraction of sp³-hybridized carbons (Fsp3) is 0.240. The molecule has 0 fully saturated rings. The van der Waals surface area contributed by atoms with Crippen LogP contribution in [0.15, 0.2) is 66.9 Å². The summed E-state index contributed by atoms with van der Waals surface area (Å²) in [4.78, 5) is 4.96. The molecule has 0 aliphatic rings. The summed E-state index contributed by atoms with van der Waals surface area (Å²) >= 11 is 0. The van der Waals surface area contributed by atoms with Gasteiger partial charge in [-0.05, 0) is 48.6 Å². The van der Waals surface area contributed by atoms with E-state index in [-0.39, 0.29) is 5.92 Å². The van der Waals surface area contributed by atoms with E-state index in [4.69, 9.17) is 9.72 Å². The third kappa shape index (κ3) is 3.83. The number of benzene rings is 2. The highest BCUT2D eigenvalue weighted by molar-refractivity contribution is 5.71. The summed E-state index contributed by atoms with van der Waals surface area (Å²) < 4.78 is 8.24. The van der Waals surface area contributed by atoms with Gasteiger partial charge in [0.1, 0.15) is 12.4 Å². The van der Waals surface area contributed by atoms with Gasteiger partial charge in [-0.3, -0.25) is 4.40 Å². The fourth-order valence-electron chi connectivity index (χ4n) is 3.57. The Bertz CT molecular complexity index is 1110. The highest BCUT2D eigenvalue weighted by Crippen LogP contribution is 2.33. The van der Waals surface area contributed by atoms with E-state index in [1.165, 1.54) is 11.1 Å². The molecular formula is C25H27N3O. The predicted molar refractivity (Wildman–Crippen MR) is 119 cm³/mol. The van der Waals surface area contributed by atoms with E-state index in [1.807, 2.05) is 36.5 Å². The third-order valence-electron chi connectivity index (χ3n) is 5.15. The van der Waals surface area contributed by atoms with Crippen LogP contribution >= 0.6 is 0 Å². The molecule has 0 atom stereocenters. The number of anilines is 2. The number of pyridine rings is 1. The molecule has 0 aliphatic heterocycles. The molecule has 4 nitrogen and oxygen atoms in total. The summed E-state index contributed by atoms with van der Waals surface area (Å²) in [6.07, 6.45) is 2.04. The quantitative estimate of drug-likeness (QED) is 0.417. The summed E-state index contributed by atoms with van der Waals surface area (Å²) in [6.45, 7) is 9.11. The van der Waals surface area contributed by atoms with Crippen LogP contribution < -0.4 is 10.1 Å². The summed E-state index contributed by atoms with van der Waals surface area (Å²) in [5.74, 6) is 2.06. The SMILES string of the molecule is Cc1cccc(C)c1Nc1c(C(C)C)nc2c(OCc3ccccc3)cccn12. The maximum absolute atomic E-state index is 6.14. The Labute approximate surface area is 172 Å². The van der Waals surface area contributed by atoms with Gasteiger partial charge in [0.15, 0.2) is 11.4 Å². The molecule has 148 valence electrons. The second kappa shape index (κ2) is 8.00. The monoisotopic (exact) mass is 385 g/mol.